The molecule has 0 radical (unpaired) electrons. The van der Waals surface area contributed by atoms with Gasteiger partial charge in [0.05, 0.1) is 6.10 Å². The number of hydrogen-bond donors (Lipinski definition) is 0. The second-order valence-electron chi connectivity index (χ2n) is 5.40. The Hall–Kier alpha value is -1.05. The van der Waals surface area contributed by atoms with Crippen LogP contribution in [0.25, 0.3) is 0 Å². The van der Waals surface area contributed by atoms with Crippen molar-refractivity contribution < 1.29 is 4.74 Å². The molecule has 0 atom stereocenters. The third-order valence-corrected chi connectivity index (χ3v) is 2.69. The molecule has 0 N–H and O–H groups in total. The molecular weight excluding hydrogens is 186 g/mol. The maximum absolute atomic E-state index is 5.97. The molecule has 0 aromatic carbocycles. The van der Waals surface area contributed by atoms with Gasteiger partial charge in [-0.1, -0.05) is 20.8 Å². The van der Waals surface area contributed by atoms with Gasteiger partial charge >= 0.3 is 0 Å². The van der Waals surface area contributed by atoms with E-state index >= 15 is 0 Å². The van der Waals surface area contributed by atoms with E-state index in [0.29, 0.717) is 6.10 Å². The molecule has 1 aliphatic carbocycles. The minimum Gasteiger partial charge on any atom is -0.490 e. The summed E-state index contributed by atoms with van der Waals surface area (Å²) in [4.78, 5) is 4.26. The maximum atomic E-state index is 5.97. The second-order valence-corrected chi connectivity index (χ2v) is 5.40. The Morgan fingerprint density at radius 3 is 2.47 bits per heavy atom. The molecule has 0 spiro atoms. The molecule has 0 aliphatic heterocycles. The number of ether oxygens (including phenoxy) is 1. The first-order chi connectivity index (χ1) is 6.98. The van der Waals surface area contributed by atoms with Gasteiger partial charge in [-0.2, -0.15) is 0 Å². The highest BCUT2D eigenvalue weighted by Crippen LogP contribution is 2.36. The van der Waals surface area contributed by atoms with Crippen molar-refractivity contribution in [2.24, 2.45) is 0 Å². The number of aryl methyl sites for hydroxylation is 1. The van der Waals surface area contributed by atoms with Gasteiger partial charge in [0.25, 0.3) is 0 Å². The Balaban J connectivity index is 2.38. The van der Waals surface area contributed by atoms with E-state index in [4.69, 9.17) is 4.74 Å². The molecule has 1 aromatic heterocycles. The summed E-state index contributed by atoms with van der Waals surface area (Å²) in [6.45, 7) is 8.66. The maximum Gasteiger partial charge on any atom is 0.129 e. The summed E-state index contributed by atoms with van der Waals surface area (Å²) >= 11 is 0. The molecule has 82 valence electrons. The van der Waals surface area contributed by atoms with E-state index in [1.165, 1.54) is 18.4 Å². The molecule has 0 bridgehead atoms. The zero-order valence-electron chi connectivity index (χ0n) is 10.0. The first-order valence-electron chi connectivity index (χ1n) is 5.60. The molecule has 0 amide bonds. The fourth-order valence-electron chi connectivity index (χ4n) is 1.60. The van der Waals surface area contributed by atoms with Crippen LogP contribution in [-0.2, 0) is 5.41 Å². The first-order valence-corrected chi connectivity index (χ1v) is 5.60. The molecular formula is C13H19NO. The van der Waals surface area contributed by atoms with Crippen LogP contribution in [0.5, 0.6) is 5.75 Å². The van der Waals surface area contributed by atoms with Crippen LogP contribution in [-0.4, -0.2) is 11.1 Å². The summed E-state index contributed by atoms with van der Waals surface area (Å²) in [6.07, 6.45) is 6.67. The van der Waals surface area contributed by atoms with Crippen molar-refractivity contribution in [2.45, 2.75) is 52.1 Å². The lowest BCUT2D eigenvalue weighted by Gasteiger charge is -2.23. The molecule has 2 rings (SSSR count). The number of rotatable bonds is 2. The molecule has 2 nitrogen and oxygen atoms in total. The fraction of sp³-hybridized carbons (Fsp3) is 0.615. The van der Waals surface area contributed by atoms with E-state index in [2.05, 4.69) is 32.7 Å². The van der Waals surface area contributed by atoms with Crippen LogP contribution in [0.2, 0.25) is 0 Å². The quantitative estimate of drug-likeness (QED) is 0.739. The zero-order valence-corrected chi connectivity index (χ0v) is 10.0. The summed E-state index contributed by atoms with van der Waals surface area (Å²) in [5.74, 6) is 1.06. The monoisotopic (exact) mass is 205 g/mol. The normalized spacial score (nSPS) is 16.5. The lowest BCUT2D eigenvalue weighted by Crippen LogP contribution is -2.15. The van der Waals surface area contributed by atoms with Crippen molar-refractivity contribution >= 4 is 0 Å². The molecule has 15 heavy (non-hydrogen) atoms. The van der Waals surface area contributed by atoms with Crippen LogP contribution in [0.1, 0.15) is 44.7 Å². The smallest absolute Gasteiger partial charge is 0.129 e. The second kappa shape index (κ2) is 3.51. The van der Waals surface area contributed by atoms with Crippen molar-refractivity contribution in [1.82, 2.24) is 4.98 Å². The van der Waals surface area contributed by atoms with Crippen molar-refractivity contribution in [1.29, 1.82) is 0 Å². The predicted molar refractivity (Wildman–Crippen MR) is 61.3 cm³/mol. The van der Waals surface area contributed by atoms with E-state index in [-0.39, 0.29) is 5.41 Å². The summed E-state index contributed by atoms with van der Waals surface area (Å²) in [7, 11) is 0. The minimum absolute atomic E-state index is 0.100. The SMILES string of the molecule is Cc1cncc(C(C)(C)C)c1OC1CC1. The molecule has 0 unspecified atom stereocenters. The van der Waals surface area contributed by atoms with Gasteiger partial charge in [0.2, 0.25) is 0 Å². The van der Waals surface area contributed by atoms with Crippen molar-refractivity contribution in [3.63, 3.8) is 0 Å². The molecule has 1 heterocycles. The Morgan fingerprint density at radius 2 is 1.93 bits per heavy atom. The van der Waals surface area contributed by atoms with E-state index in [0.717, 1.165) is 11.3 Å². The Labute approximate surface area is 91.7 Å². The van der Waals surface area contributed by atoms with Gasteiger partial charge < -0.3 is 4.74 Å². The Morgan fingerprint density at radius 1 is 1.27 bits per heavy atom. The number of hydrogen-bond acceptors (Lipinski definition) is 2. The predicted octanol–water partition coefficient (Wildman–Crippen LogP) is 3.23. The average molecular weight is 205 g/mol. The number of pyridine rings is 1. The van der Waals surface area contributed by atoms with E-state index < -0.39 is 0 Å². The van der Waals surface area contributed by atoms with Gasteiger partial charge in [0.15, 0.2) is 0 Å². The van der Waals surface area contributed by atoms with E-state index in [1.807, 2.05) is 12.4 Å². The fourth-order valence-corrected chi connectivity index (χ4v) is 1.60. The lowest BCUT2D eigenvalue weighted by molar-refractivity contribution is 0.292. The van der Waals surface area contributed by atoms with Crippen LogP contribution < -0.4 is 4.74 Å². The van der Waals surface area contributed by atoms with E-state index in [9.17, 15) is 0 Å². The number of nitrogens with zero attached hydrogens (tertiary/aromatic N) is 1. The summed E-state index contributed by atoms with van der Waals surface area (Å²) in [5, 5.41) is 0. The Bertz CT molecular complexity index is 361. The van der Waals surface area contributed by atoms with Gasteiger partial charge in [0.1, 0.15) is 5.75 Å². The van der Waals surface area contributed by atoms with Gasteiger partial charge in [0, 0.05) is 23.5 Å². The first kappa shape index (κ1) is 10.5. The average Bonchev–Trinajstić information content (AvgIpc) is 2.90. The summed E-state index contributed by atoms with van der Waals surface area (Å²) in [6, 6.07) is 0. The molecule has 0 saturated heterocycles. The third-order valence-electron chi connectivity index (χ3n) is 2.69. The van der Waals surface area contributed by atoms with Crippen LogP contribution in [0, 0.1) is 6.92 Å². The lowest BCUT2D eigenvalue weighted by atomic mass is 9.87. The van der Waals surface area contributed by atoms with E-state index in [1.54, 1.807) is 0 Å². The molecule has 2 heteroatoms. The topological polar surface area (TPSA) is 22.1 Å². The molecule has 1 aliphatic rings. The minimum atomic E-state index is 0.100. The zero-order chi connectivity index (χ0) is 11.1. The van der Waals surface area contributed by atoms with Crippen molar-refractivity contribution in [2.75, 3.05) is 0 Å². The van der Waals surface area contributed by atoms with Crippen LogP contribution >= 0.6 is 0 Å². The highest BCUT2D eigenvalue weighted by Gasteiger charge is 2.28. The standard InChI is InChI=1S/C13H19NO/c1-9-7-14-8-11(13(2,3)4)12(9)15-10-5-6-10/h7-8,10H,5-6H2,1-4H3. The third kappa shape index (κ3) is 2.31. The van der Waals surface area contributed by atoms with Gasteiger partial charge in [-0.15, -0.1) is 0 Å². The van der Waals surface area contributed by atoms with Gasteiger partial charge in [-0.3, -0.25) is 4.98 Å². The van der Waals surface area contributed by atoms with Gasteiger partial charge in [-0.25, -0.2) is 0 Å². The molecule has 1 aromatic rings. The Kier molecular flexibility index (Phi) is 2.45. The van der Waals surface area contributed by atoms with Crippen molar-refractivity contribution in [3.05, 3.63) is 23.5 Å². The molecule has 1 saturated carbocycles. The molecule has 1 fully saturated rings. The highest BCUT2D eigenvalue weighted by atomic mass is 16.5. The van der Waals surface area contributed by atoms with Crippen LogP contribution in [0.4, 0.5) is 0 Å². The summed E-state index contributed by atoms with van der Waals surface area (Å²) < 4.78 is 5.97. The summed E-state index contributed by atoms with van der Waals surface area (Å²) in [5.41, 5.74) is 2.47. The van der Waals surface area contributed by atoms with Gasteiger partial charge in [-0.05, 0) is 25.2 Å². The number of aromatic nitrogens is 1. The van der Waals surface area contributed by atoms with Crippen LogP contribution in [0.15, 0.2) is 12.4 Å². The van der Waals surface area contributed by atoms with Crippen molar-refractivity contribution in [3.8, 4) is 5.75 Å². The highest BCUT2D eigenvalue weighted by molar-refractivity contribution is 5.42. The largest absolute Gasteiger partial charge is 0.490 e. The van der Waals surface area contributed by atoms with Crippen LogP contribution in [0.3, 0.4) is 0 Å².